The van der Waals surface area contributed by atoms with Crippen molar-refractivity contribution in [2.75, 3.05) is 13.6 Å². The number of aromatic nitrogens is 1. The molecular weight excluding hydrogens is 476 g/mol. The number of pyridine rings is 1. The Morgan fingerprint density at radius 2 is 1.89 bits per heavy atom. The summed E-state index contributed by atoms with van der Waals surface area (Å²) in [6.07, 6.45) is 7.44. The second-order valence-electron chi connectivity index (χ2n) is 9.40. The Morgan fingerprint density at radius 3 is 2.46 bits per heavy atom. The molecule has 1 saturated carbocycles. The molecule has 8 heteroatoms. The van der Waals surface area contributed by atoms with E-state index in [1.54, 1.807) is 56.6 Å². The van der Waals surface area contributed by atoms with Crippen LogP contribution >= 0.6 is 0 Å². The van der Waals surface area contributed by atoms with E-state index in [0.717, 1.165) is 11.1 Å². The van der Waals surface area contributed by atoms with E-state index in [9.17, 15) is 23.5 Å². The van der Waals surface area contributed by atoms with Gasteiger partial charge in [-0.15, -0.1) is 0 Å². The highest BCUT2D eigenvalue weighted by molar-refractivity contribution is 5.89. The van der Waals surface area contributed by atoms with E-state index in [1.807, 2.05) is 0 Å². The standard InChI is InChI=1S/C29H33F2N3O3/c1-5-7-21(6-2)19-33(4)28(37)27(25-14-15-32-18-20(25)3)34(23-16-29(30,31)17-23)26(36)13-10-22-8-11-24(35)12-9-22/h5-9,11-12,14-15,18,23,27,35H,1-2,10,13,16-17,19H2,3-4H3/b21-7+. The van der Waals surface area contributed by atoms with Crippen LogP contribution in [-0.2, 0) is 16.0 Å². The van der Waals surface area contributed by atoms with Gasteiger partial charge in [-0.1, -0.05) is 43.5 Å². The number of hydrogen-bond donors (Lipinski definition) is 1. The Hall–Kier alpha value is -3.81. The predicted octanol–water partition coefficient (Wildman–Crippen LogP) is 5.15. The summed E-state index contributed by atoms with van der Waals surface area (Å²) in [5.74, 6) is -3.54. The number of benzene rings is 1. The molecule has 1 unspecified atom stereocenters. The molecule has 2 aromatic rings. The normalized spacial score (nSPS) is 15.8. The first-order chi connectivity index (χ1) is 17.6. The maximum atomic E-state index is 14.0. The van der Waals surface area contributed by atoms with E-state index in [1.165, 1.54) is 28.1 Å². The Balaban J connectivity index is 1.98. The van der Waals surface area contributed by atoms with Gasteiger partial charge in [0, 0.05) is 51.3 Å². The molecule has 0 spiro atoms. The maximum Gasteiger partial charge on any atom is 0.252 e. The van der Waals surface area contributed by atoms with E-state index in [2.05, 4.69) is 18.1 Å². The summed E-state index contributed by atoms with van der Waals surface area (Å²) < 4.78 is 28.0. The third-order valence-corrected chi connectivity index (χ3v) is 6.57. The van der Waals surface area contributed by atoms with E-state index in [0.29, 0.717) is 17.5 Å². The smallest absolute Gasteiger partial charge is 0.252 e. The lowest BCUT2D eigenvalue weighted by atomic mass is 9.84. The minimum atomic E-state index is -2.88. The number of rotatable bonds is 11. The fraction of sp³-hybridized carbons (Fsp3) is 0.345. The van der Waals surface area contributed by atoms with Crippen molar-refractivity contribution in [3.63, 3.8) is 0 Å². The van der Waals surface area contributed by atoms with Crippen molar-refractivity contribution in [3.8, 4) is 5.75 Å². The SMILES string of the molecule is C=C/C=C(\C=C)CN(C)C(=O)C(c1ccncc1C)N(C(=O)CCc1ccc(O)cc1)C1CC(F)(F)C1. The fourth-order valence-corrected chi connectivity index (χ4v) is 4.52. The summed E-state index contributed by atoms with van der Waals surface area (Å²) in [5, 5.41) is 9.53. The highest BCUT2D eigenvalue weighted by Crippen LogP contribution is 2.44. The van der Waals surface area contributed by atoms with Crippen molar-refractivity contribution in [1.29, 1.82) is 0 Å². The molecule has 1 fully saturated rings. The molecule has 37 heavy (non-hydrogen) atoms. The van der Waals surface area contributed by atoms with E-state index < -0.39 is 30.8 Å². The highest BCUT2D eigenvalue weighted by Gasteiger charge is 2.52. The van der Waals surface area contributed by atoms with Gasteiger partial charge in [-0.2, -0.15) is 0 Å². The molecule has 1 aliphatic rings. The second-order valence-corrected chi connectivity index (χ2v) is 9.40. The number of nitrogens with zero attached hydrogens (tertiary/aromatic N) is 3. The van der Waals surface area contributed by atoms with Crippen molar-refractivity contribution >= 4 is 11.8 Å². The van der Waals surface area contributed by atoms with Crippen LogP contribution in [0.3, 0.4) is 0 Å². The number of halogens is 2. The fourth-order valence-electron chi connectivity index (χ4n) is 4.52. The number of aryl methyl sites for hydroxylation is 2. The van der Waals surface area contributed by atoms with Crippen LogP contribution in [0.2, 0.25) is 0 Å². The molecule has 1 N–H and O–H groups in total. The van der Waals surface area contributed by atoms with Crippen LogP contribution in [0.15, 0.2) is 79.7 Å². The van der Waals surface area contributed by atoms with E-state index >= 15 is 0 Å². The lowest BCUT2D eigenvalue weighted by molar-refractivity contribution is -0.166. The molecule has 1 heterocycles. The number of phenolic OH excluding ortho intramolecular Hbond substituents is 1. The van der Waals surface area contributed by atoms with Gasteiger partial charge >= 0.3 is 0 Å². The first-order valence-corrected chi connectivity index (χ1v) is 12.1. The lowest BCUT2D eigenvalue weighted by Gasteiger charge is -2.46. The van der Waals surface area contributed by atoms with Gasteiger partial charge in [0.05, 0.1) is 0 Å². The van der Waals surface area contributed by atoms with Gasteiger partial charge in [0.25, 0.3) is 5.92 Å². The van der Waals surface area contributed by atoms with Gasteiger partial charge in [0.1, 0.15) is 11.8 Å². The molecule has 6 nitrogen and oxygen atoms in total. The minimum Gasteiger partial charge on any atom is -0.508 e. The number of amides is 2. The average molecular weight is 510 g/mol. The number of carbonyl (C=O) groups is 2. The van der Waals surface area contributed by atoms with E-state index in [-0.39, 0.29) is 30.5 Å². The number of aromatic hydroxyl groups is 1. The van der Waals surface area contributed by atoms with Crippen LogP contribution in [0, 0.1) is 6.92 Å². The van der Waals surface area contributed by atoms with Crippen LogP contribution in [0.5, 0.6) is 5.75 Å². The molecule has 0 bridgehead atoms. The van der Waals surface area contributed by atoms with Gasteiger partial charge in [0.15, 0.2) is 0 Å². The molecule has 1 aromatic carbocycles. The molecule has 196 valence electrons. The van der Waals surface area contributed by atoms with Gasteiger partial charge in [-0.05, 0) is 53.8 Å². The Labute approximate surface area is 216 Å². The first-order valence-electron chi connectivity index (χ1n) is 12.1. The Morgan fingerprint density at radius 1 is 1.22 bits per heavy atom. The van der Waals surface area contributed by atoms with Gasteiger partial charge in [0.2, 0.25) is 11.8 Å². The molecule has 3 rings (SSSR count). The van der Waals surface area contributed by atoms with Crippen LogP contribution in [0.4, 0.5) is 8.78 Å². The number of alkyl halides is 2. The summed E-state index contributed by atoms with van der Waals surface area (Å²) in [6, 6.07) is 6.26. The van der Waals surface area contributed by atoms with Crippen molar-refractivity contribution in [2.45, 2.75) is 50.6 Å². The van der Waals surface area contributed by atoms with Crippen LogP contribution in [-0.4, -0.2) is 57.3 Å². The zero-order valence-corrected chi connectivity index (χ0v) is 21.2. The molecule has 1 aliphatic carbocycles. The molecule has 1 atom stereocenters. The van der Waals surface area contributed by atoms with Gasteiger partial charge < -0.3 is 14.9 Å². The zero-order chi connectivity index (χ0) is 27.2. The van der Waals surface area contributed by atoms with Crippen molar-refractivity contribution in [2.24, 2.45) is 0 Å². The van der Waals surface area contributed by atoms with Gasteiger partial charge in [-0.3, -0.25) is 14.6 Å². The third kappa shape index (κ3) is 6.90. The third-order valence-electron chi connectivity index (χ3n) is 6.57. The maximum absolute atomic E-state index is 14.0. The molecule has 0 saturated heterocycles. The minimum absolute atomic E-state index is 0.0265. The van der Waals surface area contributed by atoms with Crippen LogP contribution in [0.25, 0.3) is 0 Å². The number of carbonyl (C=O) groups excluding carboxylic acids is 2. The molecule has 0 aliphatic heterocycles. The predicted molar refractivity (Wildman–Crippen MR) is 139 cm³/mol. The quantitative estimate of drug-likeness (QED) is 0.425. The number of phenols is 1. The summed E-state index contributed by atoms with van der Waals surface area (Å²) in [7, 11) is 1.61. The summed E-state index contributed by atoms with van der Waals surface area (Å²) in [5.41, 5.74) is 2.79. The Bertz CT molecular complexity index is 1170. The molecule has 2 amide bonds. The molecular formula is C29H33F2N3O3. The molecule has 0 radical (unpaired) electrons. The second kappa shape index (κ2) is 12.0. The van der Waals surface area contributed by atoms with E-state index in [4.69, 9.17) is 0 Å². The van der Waals surface area contributed by atoms with Gasteiger partial charge in [-0.25, -0.2) is 8.78 Å². The highest BCUT2D eigenvalue weighted by atomic mass is 19.3. The molecule has 1 aromatic heterocycles. The zero-order valence-electron chi connectivity index (χ0n) is 21.2. The monoisotopic (exact) mass is 509 g/mol. The number of hydrogen-bond acceptors (Lipinski definition) is 4. The van der Waals surface area contributed by atoms with Crippen LogP contribution < -0.4 is 0 Å². The topological polar surface area (TPSA) is 73.7 Å². The number of allylic oxidation sites excluding steroid dienone is 2. The van der Waals surface area contributed by atoms with Crippen LogP contribution in [0.1, 0.15) is 42.0 Å². The first kappa shape index (κ1) is 27.8. The summed E-state index contributed by atoms with van der Waals surface area (Å²) in [4.78, 5) is 34.5. The van der Waals surface area contributed by atoms with Crippen molar-refractivity contribution in [3.05, 3.63) is 96.4 Å². The Kier molecular flexibility index (Phi) is 8.97. The lowest BCUT2D eigenvalue weighted by Crippen LogP contribution is -2.57. The number of likely N-dealkylation sites (N-methyl/N-ethyl adjacent to an activating group) is 1. The summed E-state index contributed by atoms with van der Waals surface area (Å²) >= 11 is 0. The average Bonchev–Trinajstić information content (AvgIpc) is 2.85. The van der Waals surface area contributed by atoms with Crippen molar-refractivity contribution < 1.29 is 23.5 Å². The van der Waals surface area contributed by atoms with Crippen molar-refractivity contribution in [1.82, 2.24) is 14.8 Å². The summed E-state index contributed by atoms with van der Waals surface area (Å²) in [6.45, 7) is 9.45. The largest absolute Gasteiger partial charge is 0.508 e.